The van der Waals surface area contributed by atoms with E-state index in [1.807, 2.05) is 20.2 Å². The van der Waals surface area contributed by atoms with E-state index in [0.29, 0.717) is 5.92 Å². The number of thiazole rings is 1. The number of rotatable bonds is 4. The molecule has 0 saturated heterocycles. The average molecular weight is 362 g/mol. The normalized spacial score (nSPS) is 18.1. The molecule has 7 heteroatoms. The van der Waals surface area contributed by atoms with E-state index in [2.05, 4.69) is 41.3 Å². The number of hydrogen-bond acceptors (Lipinski definition) is 4. The van der Waals surface area contributed by atoms with Crippen LogP contribution < -0.4 is 5.32 Å². The van der Waals surface area contributed by atoms with Crippen LogP contribution >= 0.6 is 11.3 Å². The number of aryl methyl sites for hydroxylation is 2. The fraction of sp³-hybridized carbons (Fsp3) is 0.611. The Bertz CT molecular complexity index is 750. The molecule has 3 rings (SSSR count). The first-order chi connectivity index (χ1) is 11.9. The molecule has 1 aliphatic carbocycles. The van der Waals surface area contributed by atoms with Crippen molar-refractivity contribution in [2.45, 2.75) is 65.0 Å². The Morgan fingerprint density at radius 3 is 2.88 bits per heavy atom. The van der Waals surface area contributed by atoms with Gasteiger partial charge in [-0.25, -0.2) is 9.78 Å². The SMILES string of the molecule is Cc1nc(C(C)C)sc1C(C)N(C)C(=O)NC1CCc2[nH]ncc2C1. The third-order valence-corrected chi connectivity index (χ3v) is 6.60. The van der Waals surface area contributed by atoms with Crippen LogP contribution in [0.4, 0.5) is 4.79 Å². The Kier molecular flexibility index (Phi) is 5.13. The molecule has 2 aromatic heterocycles. The highest BCUT2D eigenvalue weighted by molar-refractivity contribution is 7.11. The maximum Gasteiger partial charge on any atom is 0.317 e. The number of amides is 2. The second-order valence-electron chi connectivity index (χ2n) is 7.21. The molecule has 0 aromatic carbocycles. The molecule has 2 heterocycles. The number of nitrogens with one attached hydrogen (secondary N) is 2. The van der Waals surface area contributed by atoms with Crippen molar-refractivity contribution in [3.05, 3.63) is 33.0 Å². The largest absolute Gasteiger partial charge is 0.335 e. The first kappa shape index (κ1) is 17.9. The molecule has 0 saturated carbocycles. The van der Waals surface area contributed by atoms with Crippen molar-refractivity contribution < 1.29 is 4.79 Å². The lowest BCUT2D eigenvalue weighted by molar-refractivity contribution is 0.189. The average Bonchev–Trinajstić information content (AvgIpc) is 3.19. The first-order valence-electron chi connectivity index (χ1n) is 8.88. The van der Waals surface area contributed by atoms with Crippen LogP contribution in [0.2, 0.25) is 0 Å². The minimum absolute atomic E-state index is 0.0121. The Morgan fingerprint density at radius 1 is 1.44 bits per heavy atom. The molecule has 25 heavy (non-hydrogen) atoms. The van der Waals surface area contributed by atoms with E-state index in [0.717, 1.165) is 30.0 Å². The van der Waals surface area contributed by atoms with Crippen LogP contribution in [0.25, 0.3) is 0 Å². The molecule has 0 spiro atoms. The van der Waals surface area contributed by atoms with Crippen LogP contribution in [-0.2, 0) is 12.8 Å². The lowest BCUT2D eigenvalue weighted by atomic mass is 9.94. The molecule has 2 atom stereocenters. The molecule has 2 amide bonds. The fourth-order valence-corrected chi connectivity index (χ4v) is 4.40. The van der Waals surface area contributed by atoms with Gasteiger partial charge in [0.1, 0.15) is 0 Å². The minimum Gasteiger partial charge on any atom is -0.335 e. The molecule has 0 radical (unpaired) electrons. The highest BCUT2D eigenvalue weighted by Crippen LogP contribution is 2.32. The van der Waals surface area contributed by atoms with Crippen molar-refractivity contribution in [1.82, 2.24) is 25.4 Å². The van der Waals surface area contributed by atoms with Crippen LogP contribution in [0.3, 0.4) is 0 Å². The number of carbonyl (C=O) groups excluding carboxylic acids is 1. The zero-order valence-corrected chi connectivity index (χ0v) is 16.4. The molecular formula is C18H27N5OS. The number of hydrogen-bond donors (Lipinski definition) is 2. The molecular weight excluding hydrogens is 334 g/mol. The molecule has 1 aliphatic rings. The van der Waals surface area contributed by atoms with E-state index in [4.69, 9.17) is 0 Å². The van der Waals surface area contributed by atoms with Gasteiger partial charge in [0.25, 0.3) is 0 Å². The van der Waals surface area contributed by atoms with Crippen LogP contribution in [0.1, 0.15) is 66.0 Å². The number of aromatic amines is 1. The van der Waals surface area contributed by atoms with E-state index in [1.54, 1.807) is 16.2 Å². The summed E-state index contributed by atoms with van der Waals surface area (Å²) < 4.78 is 0. The Balaban J connectivity index is 1.64. The molecule has 136 valence electrons. The summed E-state index contributed by atoms with van der Waals surface area (Å²) in [5.41, 5.74) is 3.45. The lowest BCUT2D eigenvalue weighted by Crippen LogP contribution is -2.45. The van der Waals surface area contributed by atoms with Gasteiger partial charge in [0.15, 0.2) is 0 Å². The third kappa shape index (κ3) is 3.71. The predicted molar refractivity (Wildman–Crippen MR) is 100 cm³/mol. The second-order valence-corrected chi connectivity index (χ2v) is 8.27. The summed E-state index contributed by atoms with van der Waals surface area (Å²) >= 11 is 1.71. The van der Waals surface area contributed by atoms with E-state index in [-0.39, 0.29) is 18.1 Å². The lowest BCUT2D eigenvalue weighted by Gasteiger charge is -2.29. The Labute approximate surface area is 153 Å². The topological polar surface area (TPSA) is 73.9 Å². The van der Waals surface area contributed by atoms with Crippen molar-refractivity contribution in [2.75, 3.05) is 7.05 Å². The van der Waals surface area contributed by atoms with Crippen molar-refractivity contribution in [3.8, 4) is 0 Å². The van der Waals surface area contributed by atoms with Crippen molar-refractivity contribution >= 4 is 17.4 Å². The summed E-state index contributed by atoms with van der Waals surface area (Å²) in [6.07, 6.45) is 4.59. The quantitative estimate of drug-likeness (QED) is 0.874. The number of urea groups is 1. The number of H-pyrrole nitrogens is 1. The third-order valence-electron chi connectivity index (χ3n) is 4.97. The fourth-order valence-electron chi connectivity index (χ4n) is 3.23. The predicted octanol–water partition coefficient (Wildman–Crippen LogP) is 3.56. The summed E-state index contributed by atoms with van der Waals surface area (Å²) in [6.45, 7) is 8.40. The van der Waals surface area contributed by atoms with Gasteiger partial charge in [0.2, 0.25) is 0 Å². The summed E-state index contributed by atoms with van der Waals surface area (Å²) in [5, 5.41) is 11.4. The molecule has 0 bridgehead atoms. The van der Waals surface area contributed by atoms with Crippen molar-refractivity contribution in [2.24, 2.45) is 0 Å². The summed E-state index contributed by atoms with van der Waals surface area (Å²) in [5.74, 6) is 0.412. The molecule has 2 unspecified atom stereocenters. The van der Waals surface area contributed by atoms with E-state index >= 15 is 0 Å². The van der Waals surface area contributed by atoms with Crippen LogP contribution in [0, 0.1) is 6.92 Å². The number of fused-ring (bicyclic) bond motifs is 1. The van der Waals surface area contributed by atoms with E-state index < -0.39 is 0 Å². The molecule has 2 N–H and O–H groups in total. The van der Waals surface area contributed by atoms with E-state index in [1.165, 1.54) is 16.1 Å². The highest BCUT2D eigenvalue weighted by atomic mass is 32.1. The highest BCUT2D eigenvalue weighted by Gasteiger charge is 2.26. The van der Waals surface area contributed by atoms with Gasteiger partial charge >= 0.3 is 6.03 Å². The van der Waals surface area contributed by atoms with Gasteiger partial charge in [0.05, 0.1) is 22.9 Å². The number of nitrogens with zero attached hydrogens (tertiary/aromatic N) is 3. The molecule has 0 fully saturated rings. The number of aromatic nitrogens is 3. The van der Waals surface area contributed by atoms with Crippen molar-refractivity contribution in [3.63, 3.8) is 0 Å². The molecule has 2 aromatic rings. The van der Waals surface area contributed by atoms with Crippen LogP contribution in [0.5, 0.6) is 0 Å². The minimum atomic E-state index is -0.0247. The summed E-state index contributed by atoms with van der Waals surface area (Å²) in [4.78, 5) is 20.3. The zero-order valence-electron chi connectivity index (χ0n) is 15.6. The van der Waals surface area contributed by atoms with Crippen LogP contribution in [0.15, 0.2) is 6.20 Å². The van der Waals surface area contributed by atoms with Gasteiger partial charge < -0.3 is 10.2 Å². The summed E-state index contributed by atoms with van der Waals surface area (Å²) in [7, 11) is 1.86. The van der Waals surface area contributed by atoms with Crippen LogP contribution in [-0.4, -0.2) is 39.2 Å². The smallest absolute Gasteiger partial charge is 0.317 e. The zero-order chi connectivity index (χ0) is 18.1. The first-order valence-corrected chi connectivity index (χ1v) is 9.70. The van der Waals surface area contributed by atoms with Gasteiger partial charge in [0, 0.05) is 29.6 Å². The Hall–Kier alpha value is -1.89. The monoisotopic (exact) mass is 361 g/mol. The van der Waals surface area contributed by atoms with Gasteiger partial charge in [-0.2, -0.15) is 5.10 Å². The summed E-state index contributed by atoms with van der Waals surface area (Å²) in [6, 6.07) is 0.155. The number of carbonyl (C=O) groups is 1. The molecule has 0 aliphatic heterocycles. The second kappa shape index (κ2) is 7.15. The molecule has 6 nitrogen and oxygen atoms in total. The Morgan fingerprint density at radius 2 is 2.20 bits per heavy atom. The van der Waals surface area contributed by atoms with Gasteiger partial charge in [-0.15, -0.1) is 11.3 Å². The maximum atomic E-state index is 12.7. The van der Waals surface area contributed by atoms with Gasteiger partial charge in [-0.3, -0.25) is 5.10 Å². The van der Waals surface area contributed by atoms with Gasteiger partial charge in [-0.05, 0) is 38.7 Å². The maximum absolute atomic E-state index is 12.7. The van der Waals surface area contributed by atoms with E-state index in [9.17, 15) is 4.79 Å². The standard InChI is InChI=1S/C18H27N5OS/c1-10(2)17-20-11(3)16(25-17)12(4)23(5)18(24)21-14-6-7-15-13(8-14)9-19-22-15/h9-10,12,14H,6-8H2,1-5H3,(H,19,22)(H,21,24). The van der Waals surface area contributed by atoms with Crippen molar-refractivity contribution in [1.29, 1.82) is 0 Å². The van der Waals surface area contributed by atoms with Gasteiger partial charge in [-0.1, -0.05) is 13.8 Å².